The first-order valence-electron chi connectivity index (χ1n) is 5.37. The van der Waals surface area contributed by atoms with Crippen LogP contribution in [0.1, 0.15) is 6.92 Å². The van der Waals surface area contributed by atoms with Crippen molar-refractivity contribution in [3.63, 3.8) is 0 Å². The van der Waals surface area contributed by atoms with Gasteiger partial charge in [-0.3, -0.25) is 9.78 Å². The Morgan fingerprint density at radius 3 is 2.61 bits per heavy atom. The van der Waals surface area contributed by atoms with Gasteiger partial charge in [-0.1, -0.05) is 30.3 Å². The molecule has 0 N–H and O–H groups in total. The molecule has 0 atom stereocenters. The van der Waals surface area contributed by atoms with E-state index in [-0.39, 0.29) is 0 Å². The normalized spacial score (nSPS) is 9.89. The highest BCUT2D eigenvalue weighted by molar-refractivity contribution is 14.1. The molecule has 4 heteroatoms. The topological polar surface area (TPSA) is 35.5 Å². The molecular weight excluding hydrogens is 343 g/mol. The van der Waals surface area contributed by atoms with Gasteiger partial charge in [0.05, 0.1) is 0 Å². The summed E-state index contributed by atoms with van der Waals surface area (Å²) >= 11 is 2.25. The van der Waals surface area contributed by atoms with Gasteiger partial charge >= 0.3 is 5.97 Å². The molecule has 0 spiro atoms. The third-order valence-corrected chi connectivity index (χ3v) is 2.94. The number of carbonyl (C=O) groups is 1. The fraction of sp³-hybridized carbons (Fsp3) is 0.0714. The van der Waals surface area contributed by atoms with E-state index in [0.717, 1.165) is 14.7 Å². The van der Waals surface area contributed by atoms with Gasteiger partial charge in [-0.05, 0) is 46.4 Å². The van der Waals surface area contributed by atoms with E-state index >= 15 is 0 Å². The van der Waals surface area contributed by atoms with E-state index in [0.29, 0.717) is 5.75 Å². The Morgan fingerprint density at radius 1 is 1.11 bits per heavy atom. The summed E-state index contributed by atoms with van der Waals surface area (Å²) in [6, 6.07) is 15.4. The lowest BCUT2D eigenvalue weighted by Crippen LogP contribution is -2.03. The van der Waals surface area contributed by atoms with Gasteiger partial charge in [-0.15, -0.1) is 0 Å². The molecule has 0 amide bonds. The molecule has 0 fully saturated rings. The van der Waals surface area contributed by atoms with E-state index < -0.39 is 5.97 Å². The molecule has 92 valence electrons. The van der Waals surface area contributed by atoms with E-state index in [2.05, 4.69) is 27.5 Å². The summed E-state index contributed by atoms with van der Waals surface area (Å²) in [5.41, 5.74) is 1.90. The van der Waals surface area contributed by atoms with Crippen LogP contribution in [-0.2, 0) is 9.68 Å². The molecule has 0 saturated carbocycles. The first-order chi connectivity index (χ1) is 8.66. The van der Waals surface area contributed by atoms with E-state index in [1.807, 2.05) is 42.5 Å². The Hall–Kier alpha value is -1.56. The van der Waals surface area contributed by atoms with Crippen LogP contribution in [0.4, 0.5) is 0 Å². The minimum atomic E-state index is -0.479. The number of carbonyl (C=O) groups excluding carboxylic acids is 1. The number of halogens is 1. The highest BCUT2D eigenvalue weighted by Crippen LogP contribution is 2.30. The molecule has 0 aliphatic heterocycles. The molecule has 0 aliphatic rings. The Bertz CT molecular complexity index is 566. The van der Waals surface area contributed by atoms with Gasteiger partial charge in [0.2, 0.25) is 0 Å². The zero-order valence-corrected chi connectivity index (χ0v) is 11.9. The van der Waals surface area contributed by atoms with Crippen molar-refractivity contribution in [3.05, 3.63) is 52.1 Å². The predicted molar refractivity (Wildman–Crippen MR) is 77.0 cm³/mol. The van der Waals surface area contributed by atoms with Crippen molar-refractivity contribution in [2.24, 2.45) is 0 Å². The lowest BCUT2D eigenvalue weighted by molar-refractivity contribution is -0.210. The van der Waals surface area contributed by atoms with Crippen molar-refractivity contribution in [1.29, 1.82) is 0 Å². The Balaban J connectivity index is 2.35. The standard InChI is InChI=1S/C14H11IO3/c1-10(16)17-18-14-8-3-2-7-13(14)11-5-4-6-12(15)9-11/h2-9H,1H3. The van der Waals surface area contributed by atoms with Gasteiger partial charge in [0.1, 0.15) is 0 Å². The summed E-state index contributed by atoms with van der Waals surface area (Å²) in [6.45, 7) is 1.30. The largest absolute Gasteiger partial charge is 0.352 e. The molecule has 3 nitrogen and oxygen atoms in total. The number of rotatable bonds is 3. The number of para-hydroxylation sites is 1. The van der Waals surface area contributed by atoms with Crippen LogP contribution in [0.2, 0.25) is 0 Å². The lowest BCUT2D eigenvalue weighted by atomic mass is 10.1. The number of hydrogen-bond donors (Lipinski definition) is 0. The molecule has 2 rings (SSSR count). The first-order valence-corrected chi connectivity index (χ1v) is 6.45. The van der Waals surface area contributed by atoms with Crippen molar-refractivity contribution in [2.45, 2.75) is 6.92 Å². The van der Waals surface area contributed by atoms with E-state index in [1.165, 1.54) is 6.92 Å². The highest BCUT2D eigenvalue weighted by atomic mass is 127. The Kier molecular flexibility index (Phi) is 4.19. The first kappa shape index (κ1) is 12.9. The van der Waals surface area contributed by atoms with Crippen molar-refractivity contribution < 1.29 is 14.6 Å². The minimum Gasteiger partial charge on any atom is -0.286 e. The summed E-state index contributed by atoms with van der Waals surface area (Å²) < 4.78 is 1.13. The fourth-order valence-corrected chi connectivity index (χ4v) is 2.08. The van der Waals surface area contributed by atoms with Gasteiger partial charge in [-0.2, -0.15) is 0 Å². The average molecular weight is 354 g/mol. The van der Waals surface area contributed by atoms with Crippen LogP contribution in [0.5, 0.6) is 5.75 Å². The van der Waals surface area contributed by atoms with E-state index in [4.69, 9.17) is 4.89 Å². The molecule has 0 aromatic heterocycles. The maximum absolute atomic E-state index is 10.8. The van der Waals surface area contributed by atoms with Crippen molar-refractivity contribution in [3.8, 4) is 16.9 Å². The molecule has 18 heavy (non-hydrogen) atoms. The van der Waals surface area contributed by atoms with Crippen LogP contribution >= 0.6 is 22.6 Å². The fourth-order valence-electron chi connectivity index (χ4n) is 1.54. The van der Waals surface area contributed by atoms with Crippen molar-refractivity contribution >= 4 is 28.6 Å². The molecule has 0 unspecified atom stereocenters. The second-order valence-corrected chi connectivity index (χ2v) is 4.91. The zero-order chi connectivity index (χ0) is 13.0. The molecule has 2 aromatic rings. The van der Waals surface area contributed by atoms with Crippen LogP contribution in [0.25, 0.3) is 11.1 Å². The lowest BCUT2D eigenvalue weighted by Gasteiger charge is -2.09. The summed E-state index contributed by atoms with van der Waals surface area (Å²) in [4.78, 5) is 20.4. The van der Waals surface area contributed by atoms with Gasteiger partial charge in [0, 0.05) is 16.1 Å². The van der Waals surface area contributed by atoms with Crippen molar-refractivity contribution in [1.82, 2.24) is 0 Å². The Labute approximate surface area is 119 Å². The molecule has 2 aromatic carbocycles. The quantitative estimate of drug-likeness (QED) is 0.478. The van der Waals surface area contributed by atoms with Crippen LogP contribution in [-0.4, -0.2) is 5.97 Å². The van der Waals surface area contributed by atoms with Crippen molar-refractivity contribution in [2.75, 3.05) is 0 Å². The summed E-state index contributed by atoms with van der Waals surface area (Å²) in [5.74, 6) is 0.0437. The molecule has 0 aliphatic carbocycles. The van der Waals surface area contributed by atoms with Crippen LogP contribution in [0.15, 0.2) is 48.5 Å². The molecule has 0 radical (unpaired) electrons. The van der Waals surface area contributed by atoms with Crippen LogP contribution < -0.4 is 4.89 Å². The van der Waals surface area contributed by atoms with E-state index in [1.54, 1.807) is 6.07 Å². The predicted octanol–water partition coefficient (Wildman–Crippen LogP) is 3.82. The third kappa shape index (κ3) is 3.22. The van der Waals surface area contributed by atoms with Gasteiger partial charge in [-0.25, -0.2) is 4.79 Å². The summed E-state index contributed by atoms with van der Waals surface area (Å²) in [7, 11) is 0. The molecular formula is C14H11IO3. The maximum Gasteiger partial charge on any atom is 0.352 e. The van der Waals surface area contributed by atoms with Gasteiger partial charge in [0.15, 0.2) is 5.75 Å². The molecule has 0 bridgehead atoms. The maximum atomic E-state index is 10.8. The van der Waals surface area contributed by atoms with E-state index in [9.17, 15) is 4.79 Å². The molecule has 0 saturated heterocycles. The second kappa shape index (κ2) is 5.86. The summed E-state index contributed by atoms with van der Waals surface area (Å²) in [5, 5.41) is 0. The number of hydrogen-bond acceptors (Lipinski definition) is 3. The zero-order valence-electron chi connectivity index (χ0n) is 9.72. The molecule has 0 heterocycles. The summed E-state index contributed by atoms with van der Waals surface area (Å²) in [6.07, 6.45) is 0. The van der Waals surface area contributed by atoms with Gasteiger partial charge < -0.3 is 0 Å². The average Bonchev–Trinajstić information content (AvgIpc) is 2.36. The SMILES string of the molecule is CC(=O)OOc1ccccc1-c1cccc(I)c1. The van der Waals surface area contributed by atoms with Crippen LogP contribution in [0, 0.1) is 3.57 Å². The van der Waals surface area contributed by atoms with Crippen LogP contribution in [0.3, 0.4) is 0 Å². The minimum absolute atomic E-state index is 0.479. The monoisotopic (exact) mass is 354 g/mol. The van der Waals surface area contributed by atoms with Gasteiger partial charge in [0.25, 0.3) is 0 Å². The second-order valence-electron chi connectivity index (χ2n) is 3.66. The third-order valence-electron chi connectivity index (χ3n) is 2.27. The Morgan fingerprint density at radius 2 is 1.89 bits per heavy atom. The number of benzene rings is 2. The highest BCUT2D eigenvalue weighted by Gasteiger charge is 2.08. The smallest absolute Gasteiger partial charge is 0.286 e.